The van der Waals surface area contributed by atoms with E-state index in [2.05, 4.69) is 5.32 Å². The maximum absolute atomic E-state index is 12.8. The summed E-state index contributed by atoms with van der Waals surface area (Å²) in [6.45, 7) is 0.382. The normalized spacial score (nSPS) is 16.1. The molecule has 1 aliphatic carbocycles. The zero-order valence-corrected chi connectivity index (χ0v) is 17.8. The van der Waals surface area contributed by atoms with Crippen molar-refractivity contribution in [2.45, 2.75) is 38.6 Å². The van der Waals surface area contributed by atoms with Crippen LogP contribution in [0.4, 0.5) is 0 Å². The number of esters is 1. The minimum Gasteiger partial charge on any atom is -0.452 e. The lowest BCUT2D eigenvalue weighted by atomic mass is 9.89. The van der Waals surface area contributed by atoms with Gasteiger partial charge in [0.25, 0.3) is 17.7 Å². The molecule has 1 N–H and O–H groups in total. The number of hydrogen-bond donors (Lipinski definition) is 1. The number of amides is 3. The van der Waals surface area contributed by atoms with Gasteiger partial charge in [-0.05, 0) is 42.5 Å². The zero-order chi connectivity index (χ0) is 22.5. The van der Waals surface area contributed by atoms with Gasteiger partial charge in [0.05, 0.1) is 23.2 Å². The molecule has 1 aliphatic heterocycles. The second kappa shape index (κ2) is 9.77. The van der Waals surface area contributed by atoms with Gasteiger partial charge in [0.1, 0.15) is 0 Å². The Bertz CT molecular complexity index is 1030. The first-order valence-electron chi connectivity index (χ1n) is 11.0. The quantitative estimate of drug-likeness (QED) is 0.533. The van der Waals surface area contributed by atoms with Crippen molar-refractivity contribution in [1.82, 2.24) is 10.2 Å². The lowest BCUT2D eigenvalue weighted by Gasteiger charge is -2.21. The number of nitrogens with zero attached hydrogens (tertiary/aromatic N) is 1. The standard InChI is InChI=1S/C25H26N2O5/c28-22(26-14-17-7-3-1-4-8-17)16-32-25(31)19-11-12-20-21(13-19)24(30)27(23(20)29)15-18-9-5-2-6-10-18/h2,5-6,9-13,17H,1,3-4,7-8,14-16H2,(H,26,28). The first kappa shape index (κ1) is 21.7. The minimum atomic E-state index is -0.706. The van der Waals surface area contributed by atoms with Crippen LogP contribution < -0.4 is 5.32 Å². The highest BCUT2D eigenvalue weighted by Gasteiger charge is 2.36. The highest BCUT2D eigenvalue weighted by Crippen LogP contribution is 2.26. The Balaban J connectivity index is 1.34. The number of benzene rings is 2. The Hall–Kier alpha value is -3.48. The summed E-state index contributed by atoms with van der Waals surface area (Å²) in [7, 11) is 0. The Labute approximate surface area is 186 Å². The predicted molar refractivity (Wildman–Crippen MR) is 117 cm³/mol. The summed E-state index contributed by atoms with van der Waals surface area (Å²) in [6.07, 6.45) is 5.86. The van der Waals surface area contributed by atoms with Gasteiger partial charge in [-0.2, -0.15) is 0 Å². The predicted octanol–water partition coefficient (Wildman–Crippen LogP) is 3.34. The third kappa shape index (κ3) is 4.88. The van der Waals surface area contributed by atoms with Gasteiger partial charge in [0.2, 0.25) is 0 Å². The van der Waals surface area contributed by atoms with Crippen molar-refractivity contribution in [3.63, 3.8) is 0 Å². The third-order valence-electron chi connectivity index (χ3n) is 6.04. The number of nitrogens with one attached hydrogen (secondary N) is 1. The van der Waals surface area contributed by atoms with E-state index in [-0.39, 0.29) is 35.7 Å². The molecule has 2 aromatic rings. The molecule has 7 nitrogen and oxygen atoms in total. The minimum absolute atomic E-state index is 0.131. The average Bonchev–Trinajstić information content (AvgIpc) is 3.06. The maximum atomic E-state index is 12.8. The van der Waals surface area contributed by atoms with E-state index in [9.17, 15) is 19.2 Å². The average molecular weight is 434 g/mol. The van der Waals surface area contributed by atoms with Gasteiger partial charge in [0, 0.05) is 6.54 Å². The molecule has 0 aromatic heterocycles. The number of ether oxygens (including phenoxy) is 1. The number of hydrogen-bond acceptors (Lipinski definition) is 5. The van der Waals surface area contributed by atoms with E-state index < -0.39 is 17.8 Å². The van der Waals surface area contributed by atoms with Crippen LogP contribution in [-0.4, -0.2) is 41.7 Å². The van der Waals surface area contributed by atoms with Gasteiger partial charge < -0.3 is 10.1 Å². The Morgan fingerprint density at radius 1 is 0.938 bits per heavy atom. The molecule has 3 amide bonds. The molecule has 0 radical (unpaired) electrons. The van der Waals surface area contributed by atoms with Gasteiger partial charge in [-0.15, -0.1) is 0 Å². The van der Waals surface area contributed by atoms with Crippen LogP contribution in [-0.2, 0) is 16.1 Å². The van der Waals surface area contributed by atoms with E-state index in [0.717, 1.165) is 23.3 Å². The molecule has 0 spiro atoms. The third-order valence-corrected chi connectivity index (χ3v) is 6.04. The number of carbonyl (C=O) groups is 4. The number of fused-ring (bicyclic) bond motifs is 1. The van der Waals surface area contributed by atoms with Crippen LogP contribution >= 0.6 is 0 Å². The molecule has 0 saturated heterocycles. The van der Waals surface area contributed by atoms with E-state index in [0.29, 0.717) is 12.5 Å². The largest absolute Gasteiger partial charge is 0.452 e. The monoisotopic (exact) mass is 434 g/mol. The molecule has 1 saturated carbocycles. The highest BCUT2D eigenvalue weighted by molar-refractivity contribution is 6.21. The van der Waals surface area contributed by atoms with Gasteiger partial charge in [-0.3, -0.25) is 19.3 Å². The van der Waals surface area contributed by atoms with Crippen molar-refractivity contribution < 1.29 is 23.9 Å². The summed E-state index contributed by atoms with van der Waals surface area (Å²) in [5.41, 5.74) is 1.39. The van der Waals surface area contributed by atoms with E-state index in [1.54, 1.807) is 0 Å². The van der Waals surface area contributed by atoms with Gasteiger partial charge in [-0.1, -0.05) is 49.6 Å². The summed E-state index contributed by atoms with van der Waals surface area (Å²) in [4.78, 5) is 51.0. The molecule has 4 rings (SSSR count). The van der Waals surface area contributed by atoms with Crippen LogP contribution in [0.3, 0.4) is 0 Å². The fourth-order valence-electron chi connectivity index (χ4n) is 4.24. The highest BCUT2D eigenvalue weighted by atomic mass is 16.5. The van der Waals surface area contributed by atoms with Gasteiger partial charge >= 0.3 is 5.97 Å². The van der Waals surface area contributed by atoms with Crippen molar-refractivity contribution >= 4 is 23.7 Å². The molecule has 7 heteroatoms. The Morgan fingerprint density at radius 3 is 2.41 bits per heavy atom. The summed E-state index contributed by atoms with van der Waals surface area (Å²) >= 11 is 0. The fraction of sp³-hybridized carbons (Fsp3) is 0.360. The van der Waals surface area contributed by atoms with Crippen LogP contribution in [0.1, 0.15) is 68.7 Å². The van der Waals surface area contributed by atoms with Crippen LogP contribution in [0, 0.1) is 5.92 Å². The van der Waals surface area contributed by atoms with Crippen LogP contribution in [0.5, 0.6) is 0 Å². The molecule has 2 aromatic carbocycles. The molecular weight excluding hydrogens is 408 g/mol. The number of rotatable bonds is 7. The van der Waals surface area contributed by atoms with E-state index in [4.69, 9.17) is 4.74 Å². The van der Waals surface area contributed by atoms with E-state index >= 15 is 0 Å². The molecule has 1 heterocycles. The van der Waals surface area contributed by atoms with Gasteiger partial charge in [-0.25, -0.2) is 4.79 Å². The van der Waals surface area contributed by atoms with Crippen molar-refractivity contribution in [2.24, 2.45) is 5.92 Å². The second-order valence-electron chi connectivity index (χ2n) is 8.33. The number of imide groups is 1. The molecule has 1 fully saturated rings. The van der Waals surface area contributed by atoms with Crippen molar-refractivity contribution in [3.8, 4) is 0 Å². The smallest absolute Gasteiger partial charge is 0.338 e. The molecule has 0 unspecified atom stereocenters. The Kier molecular flexibility index (Phi) is 6.63. The molecule has 0 bridgehead atoms. The molecule has 2 aliphatic rings. The summed E-state index contributed by atoms with van der Waals surface area (Å²) < 4.78 is 5.11. The fourth-order valence-corrected chi connectivity index (χ4v) is 4.24. The van der Waals surface area contributed by atoms with Crippen LogP contribution in [0.25, 0.3) is 0 Å². The van der Waals surface area contributed by atoms with Crippen molar-refractivity contribution in [1.29, 1.82) is 0 Å². The maximum Gasteiger partial charge on any atom is 0.338 e. The number of carbonyl (C=O) groups excluding carboxylic acids is 4. The van der Waals surface area contributed by atoms with Gasteiger partial charge in [0.15, 0.2) is 6.61 Å². The first-order valence-corrected chi connectivity index (χ1v) is 11.0. The topological polar surface area (TPSA) is 92.8 Å². The molecule has 166 valence electrons. The van der Waals surface area contributed by atoms with Crippen molar-refractivity contribution in [2.75, 3.05) is 13.2 Å². The second-order valence-corrected chi connectivity index (χ2v) is 8.33. The zero-order valence-electron chi connectivity index (χ0n) is 17.8. The summed E-state index contributed by atoms with van der Waals surface area (Å²) in [6, 6.07) is 13.5. The SMILES string of the molecule is O=C(COC(=O)c1ccc2c(c1)C(=O)N(Cc1ccccc1)C2=O)NCC1CCCCC1. The van der Waals surface area contributed by atoms with E-state index in [1.165, 1.54) is 37.5 Å². The molecule has 0 atom stereocenters. The molecule has 32 heavy (non-hydrogen) atoms. The van der Waals surface area contributed by atoms with Crippen molar-refractivity contribution in [3.05, 3.63) is 70.8 Å². The summed E-state index contributed by atoms with van der Waals surface area (Å²) in [5, 5.41) is 2.82. The Morgan fingerprint density at radius 2 is 1.66 bits per heavy atom. The first-order chi connectivity index (χ1) is 15.5. The lowest BCUT2D eigenvalue weighted by molar-refractivity contribution is -0.124. The summed E-state index contributed by atoms with van der Waals surface area (Å²) in [5.74, 6) is -1.40. The van der Waals surface area contributed by atoms with Crippen LogP contribution in [0.2, 0.25) is 0 Å². The molecular formula is C25H26N2O5. The van der Waals surface area contributed by atoms with Crippen LogP contribution in [0.15, 0.2) is 48.5 Å². The lowest BCUT2D eigenvalue weighted by Crippen LogP contribution is -2.33. The van der Waals surface area contributed by atoms with E-state index in [1.807, 2.05) is 30.3 Å².